The number of piperidine rings is 1. The van der Waals surface area contributed by atoms with Crippen molar-refractivity contribution in [2.24, 2.45) is 11.8 Å². The minimum atomic E-state index is 0.347. The minimum absolute atomic E-state index is 0.347. The molecule has 1 N–H and O–H groups in total. The normalized spacial score (nSPS) is 23.8. The second kappa shape index (κ2) is 7.17. The molecular weight excluding hydrogens is 308 g/mol. The molecule has 2 aromatic carbocycles. The van der Waals surface area contributed by atoms with E-state index in [1.165, 1.54) is 16.3 Å². The average molecular weight is 336 g/mol. The fraction of sp³-hybridized carbons (Fsp3) is 0.500. The molecule has 2 atom stereocenters. The molecule has 1 heterocycles. The number of hydrogen-bond acceptors (Lipinski definition) is 2. The van der Waals surface area contributed by atoms with E-state index in [1.54, 1.807) is 0 Å². The molecule has 0 bridgehead atoms. The number of nitrogens with one attached hydrogen (secondary N) is 1. The maximum Gasteiger partial charge on any atom is 0.225 e. The van der Waals surface area contributed by atoms with E-state index in [0.29, 0.717) is 23.8 Å². The van der Waals surface area contributed by atoms with Gasteiger partial charge in [-0.3, -0.25) is 4.79 Å². The summed E-state index contributed by atoms with van der Waals surface area (Å²) in [5.41, 5.74) is 1.34. The Morgan fingerprint density at radius 2 is 1.92 bits per heavy atom. The van der Waals surface area contributed by atoms with Gasteiger partial charge in [0.05, 0.1) is 0 Å². The summed E-state index contributed by atoms with van der Waals surface area (Å²) in [6.45, 7) is 5.01. The number of carbonyl (C=O) groups is 1. The van der Waals surface area contributed by atoms with E-state index >= 15 is 0 Å². The summed E-state index contributed by atoms with van der Waals surface area (Å²) in [6, 6.07) is 15.8. The van der Waals surface area contributed by atoms with Gasteiger partial charge in [0.2, 0.25) is 5.91 Å². The molecule has 0 aromatic heterocycles. The summed E-state index contributed by atoms with van der Waals surface area (Å²) < 4.78 is 0. The largest absolute Gasteiger partial charge is 0.342 e. The zero-order valence-corrected chi connectivity index (χ0v) is 15.1. The Kier molecular flexibility index (Phi) is 4.76. The number of hydrogen-bond donors (Lipinski definition) is 1. The van der Waals surface area contributed by atoms with Gasteiger partial charge in [0.25, 0.3) is 0 Å². The molecule has 4 rings (SSSR count). The van der Waals surface area contributed by atoms with E-state index in [-0.39, 0.29) is 0 Å². The fourth-order valence-corrected chi connectivity index (χ4v) is 4.10. The maximum atomic E-state index is 12.3. The summed E-state index contributed by atoms with van der Waals surface area (Å²) in [7, 11) is 0. The smallest absolute Gasteiger partial charge is 0.225 e. The topological polar surface area (TPSA) is 32.3 Å². The number of nitrogens with zero attached hydrogens (tertiary/aromatic N) is 1. The molecule has 3 nitrogen and oxygen atoms in total. The lowest BCUT2D eigenvalue weighted by molar-refractivity contribution is -0.134. The van der Waals surface area contributed by atoms with Gasteiger partial charge in [0, 0.05) is 31.6 Å². The summed E-state index contributed by atoms with van der Waals surface area (Å²) in [6.07, 6.45) is 4.42. The summed E-state index contributed by atoms with van der Waals surface area (Å²) in [5, 5.41) is 6.37. The third-order valence-corrected chi connectivity index (χ3v) is 5.88. The van der Waals surface area contributed by atoms with Crippen molar-refractivity contribution in [2.45, 2.75) is 45.2 Å². The maximum absolute atomic E-state index is 12.3. The van der Waals surface area contributed by atoms with E-state index in [1.807, 2.05) is 0 Å². The highest BCUT2D eigenvalue weighted by Gasteiger charge is 2.37. The highest BCUT2D eigenvalue weighted by Crippen LogP contribution is 2.33. The molecule has 0 spiro atoms. The molecule has 2 fully saturated rings. The van der Waals surface area contributed by atoms with Crippen molar-refractivity contribution in [3.05, 3.63) is 48.0 Å². The van der Waals surface area contributed by atoms with Crippen LogP contribution in [0.5, 0.6) is 0 Å². The van der Waals surface area contributed by atoms with Crippen LogP contribution in [0.25, 0.3) is 10.8 Å². The quantitative estimate of drug-likeness (QED) is 0.896. The van der Waals surface area contributed by atoms with Gasteiger partial charge >= 0.3 is 0 Å². The Bertz CT molecular complexity index is 753. The zero-order valence-electron chi connectivity index (χ0n) is 15.1. The second-order valence-electron chi connectivity index (χ2n) is 7.68. The first-order valence-electron chi connectivity index (χ1n) is 9.74. The molecule has 3 heteroatoms. The van der Waals surface area contributed by atoms with Crippen LogP contribution in [0.2, 0.25) is 0 Å². The first-order valence-corrected chi connectivity index (χ1v) is 9.74. The molecular formula is C22H28N2O. The second-order valence-corrected chi connectivity index (χ2v) is 7.68. The van der Waals surface area contributed by atoms with Crippen LogP contribution in [0.1, 0.15) is 38.2 Å². The molecule has 1 aliphatic carbocycles. The monoisotopic (exact) mass is 336 g/mol. The van der Waals surface area contributed by atoms with Gasteiger partial charge in [-0.2, -0.15) is 0 Å². The van der Waals surface area contributed by atoms with E-state index in [9.17, 15) is 4.79 Å². The first kappa shape index (κ1) is 16.6. The van der Waals surface area contributed by atoms with Crippen LogP contribution in [0.3, 0.4) is 0 Å². The third kappa shape index (κ3) is 3.72. The lowest BCUT2D eigenvalue weighted by Gasteiger charge is -2.39. The van der Waals surface area contributed by atoms with Crippen LogP contribution >= 0.6 is 0 Å². The van der Waals surface area contributed by atoms with Crippen LogP contribution in [-0.4, -0.2) is 29.9 Å². The van der Waals surface area contributed by atoms with Crippen molar-refractivity contribution in [2.75, 3.05) is 13.1 Å². The molecule has 132 valence electrons. The minimum Gasteiger partial charge on any atom is -0.342 e. The van der Waals surface area contributed by atoms with E-state index < -0.39 is 0 Å². The summed E-state index contributed by atoms with van der Waals surface area (Å²) >= 11 is 0. The molecule has 0 unspecified atom stereocenters. The van der Waals surface area contributed by atoms with Gasteiger partial charge in [-0.15, -0.1) is 0 Å². The Labute approximate surface area is 150 Å². The van der Waals surface area contributed by atoms with Crippen LogP contribution < -0.4 is 5.32 Å². The molecule has 2 aliphatic rings. The summed E-state index contributed by atoms with van der Waals surface area (Å²) in [5.74, 6) is 1.32. The Balaban J connectivity index is 1.37. The van der Waals surface area contributed by atoms with Gasteiger partial charge in [-0.1, -0.05) is 49.7 Å². The molecule has 25 heavy (non-hydrogen) atoms. The van der Waals surface area contributed by atoms with Crippen LogP contribution in [0.4, 0.5) is 0 Å². The number of carbonyl (C=O) groups excluding carboxylic acids is 1. The van der Waals surface area contributed by atoms with Crippen molar-refractivity contribution in [1.29, 1.82) is 0 Å². The standard InChI is InChI=1S/C22H28N2O/c1-2-17-15-24(22(25)19-9-10-19)12-11-21(17)23-14-16-7-8-18-5-3-4-6-20(18)13-16/h3-8,13,17,19,21,23H,2,9-12,14-15H2,1H3/t17-,21+/m1/s1. The SMILES string of the molecule is CC[C@@H]1CN(C(=O)C2CC2)CC[C@@H]1NCc1ccc2ccccc2c1. The van der Waals surface area contributed by atoms with Crippen molar-refractivity contribution < 1.29 is 4.79 Å². The lowest BCUT2D eigenvalue weighted by Crippen LogP contribution is -2.51. The van der Waals surface area contributed by atoms with Gasteiger partial charge in [-0.05, 0) is 47.6 Å². The molecule has 0 radical (unpaired) electrons. The van der Waals surface area contributed by atoms with E-state index in [4.69, 9.17) is 0 Å². The van der Waals surface area contributed by atoms with Gasteiger partial charge < -0.3 is 10.2 Å². The number of rotatable bonds is 5. The first-order chi connectivity index (χ1) is 12.2. The lowest BCUT2D eigenvalue weighted by atomic mass is 9.89. The van der Waals surface area contributed by atoms with Crippen molar-refractivity contribution in [1.82, 2.24) is 10.2 Å². The predicted molar refractivity (Wildman–Crippen MR) is 102 cm³/mol. The van der Waals surface area contributed by atoms with Crippen LogP contribution in [-0.2, 0) is 11.3 Å². The predicted octanol–water partition coefficient (Wildman–Crippen LogP) is 3.97. The summed E-state index contributed by atoms with van der Waals surface area (Å²) in [4.78, 5) is 14.5. The Hall–Kier alpha value is -1.87. The van der Waals surface area contributed by atoms with Crippen LogP contribution in [0.15, 0.2) is 42.5 Å². The Morgan fingerprint density at radius 1 is 1.12 bits per heavy atom. The van der Waals surface area contributed by atoms with Crippen molar-refractivity contribution in [3.8, 4) is 0 Å². The van der Waals surface area contributed by atoms with Crippen LogP contribution in [0, 0.1) is 11.8 Å². The molecule has 1 saturated carbocycles. The van der Waals surface area contributed by atoms with E-state index in [0.717, 1.165) is 45.3 Å². The molecule has 2 aromatic rings. The number of benzene rings is 2. The van der Waals surface area contributed by atoms with Gasteiger partial charge in [0.15, 0.2) is 0 Å². The molecule has 1 aliphatic heterocycles. The average Bonchev–Trinajstić information content (AvgIpc) is 3.50. The zero-order chi connectivity index (χ0) is 17.2. The highest BCUT2D eigenvalue weighted by molar-refractivity contribution is 5.83. The third-order valence-electron chi connectivity index (χ3n) is 5.88. The molecule has 1 amide bonds. The van der Waals surface area contributed by atoms with Gasteiger partial charge in [-0.25, -0.2) is 0 Å². The fourth-order valence-electron chi connectivity index (χ4n) is 4.10. The Morgan fingerprint density at radius 3 is 2.68 bits per heavy atom. The van der Waals surface area contributed by atoms with E-state index in [2.05, 4.69) is 59.6 Å². The van der Waals surface area contributed by atoms with Gasteiger partial charge in [0.1, 0.15) is 0 Å². The number of likely N-dealkylation sites (tertiary alicyclic amines) is 1. The molecule has 1 saturated heterocycles. The van der Waals surface area contributed by atoms with Crippen molar-refractivity contribution >= 4 is 16.7 Å². The highest BCUT2D eigenvalue weighted by atomic mass is 16.2. The number of amides is 1. The van der Waals surface area contributed by atoms with Crippen molar-refractivity contribution in [3.63, 3.8) is 0 Å². The number of fused-ring (bicyclic) bond motifs is 1.